The maximum atomic E-state index is 5.97. The second-order valence-corrected chi connectivity index (χ2v) is 6.48. The first-order chi connectivity index (χ1) is 14.6. The van der Waals surface area contributed by atoms with Crippen LogP contribution in [0.15, 0.2) is 54.7 Å². The van der Waals surface area contributed by atoms with Gasteiger partial charge >= 0.3 is 0 Å². The number of nitrogens with zero attached hydrogens (tertiary/aromatic N) is 5. The van der Waals surface area contributed by atoms with Crippen LogP contribution in [0.1, 0.15) is 6.92 Å². The monoisotopic (exact) mass is 402 g/mol. The molecule has 0 atom stereocenters. The molecule has 30 heavy (non-hydrogen) atoms. The molecule has 0 aliphatic heterocycles. The lowest BCUT2D eigenvalue weighted by Crippen LogP contribution is -2.19. The quantitative estimate of drug-likeness (QED) is 0.519. The Balaban J connectivity index is 1.88. The zero-order valence-corrected chi connectivity index (χ0v) is 17.0. The molecule has 2 aromatic carbocycles. The van der Waals surface area contributed by atoms with Crippen molar-refractivity contribution in [3.05, 3.63) is 54.7 Å². The molecular weight excluding hydrogens is 380 g/mol. The van der Waals surface area contributed by atoms with Gasteiger partial charge in [-0.05, 0) is 37.3 Å². The molecule has 4 rings (SSSR count). The number of nitrogen functional groups attached to an aromatic ring is 1. The summed E-state index contributed by atoms with van der Waals surface area (Å²) in [6.45, 7) is 2.72. The van der Waals surface area contributed by atoms with Gasteiger partial charge in [0.05, 0.1) is 26.1 Å². The van der Waals surface area contributed by atoms with E-state index in [4.69, 9.17) is 20.2 Å². The number of nitrogens with two attached hydrogens (primary N) is 1. The van der Waals surface area contributed by atoms with Crippen LogP contribution in [-0.2, 0) is 0 Å². The fourth-order valence-corrected chi connectivity index (χ4v) is 3.29. The van der Waals surface area contributed by atoms with Crippen molar-refractivity contribution in [3.63, 3.8) is 0 Å². The average Bonchev–Trinajstić information content (AvgIpc) is 2.79. The summed E-state index contributed by atoms with van der Waals surface area (Å²) in [6.07, 6.45) is 1.67. The molecule has 0 aliphatic rings. The number of methoxy groups -OCH3 is 2. The van der Waals surface area contributed by atoms with Crippen LogP contribution in [0, 0.1) is 0 Å². The molecule has 0 spiro atoms. The topological polar surface area (TPSA) is 99.3 Å². The number of hydrogen-bond acceptors (Lipinski definition) is 8. The number of benzene rings is 2. The summed E-state index contributed by atoms with van der Waals surface area (Å²) in [7, 11) is 3.20. The van der Waals surface area contributed by atoms with Crippen LogP contribution in [0.2, 0.25) is 0 Å². The van der Waals surface area contributed by atoms with Crippen molar-refractivity contribution in [2.75, 3.05) is 31.4 Å². The van der Waals surface area contributed by atoms with Crippen molar-refractivity contribution in [1.82, 2.24) is 19.9 Å². The van der Waals surface area contributed by atoms with E-state index in [1.54, 1.807) is 20.4 Å². The van der Waals surface area contributed by atoms with Crippen LogP contribution in [-0.4, -0.2) is 40.7 Å². The van der Waals surface area contributed by atoms with Gasteiger partial charge in [-0.2, -0.15) is 9.97 Å². The normalized spacial score (nSPS) is 10.8. The predicted octanol–water partition coefficient (Wildman–Crippen LogP) is 3.84. The zero-order chi connectivity index (χ0) is 21.1. The van der Waals surface area contributed by atoms with Gasteiger partial charge in [-0.3, -0.25) is 0 Å². The van der Waals surface area contributed by atoms with Gasteiger partial charge in [-0.15, -0.1) is 0 Å². The number of aromatic nitrogens is 4. The lowest BCUT2D eigenvalue weighted by atomic mass is 10.1. The largest absolute Gasteiger partial charge is 0.493 e. The molecule has 0 saturated carbocycles. The maximum absolute atomic E-state index is 5.97. The molecule has 4 aromatic rings. The molecule has 2 heterocycles. The molecule has 0 unspecified atom stereocenters. The molecule has 0 fully saturated rings. The van der Waals surface area contributed by atoms with Crippen molar-refractivity contribution in [2.24, 2.45) is 0 Å². The van der Waals surface area contributed by atoms with E-state index in [2.05, 4.69) is 15.0 Å². The minimum atomic E-state index is 0.153. The third-order valence-corrected chi connectivity index (χ3v) is 4.72. The molecule has 2 aromatic heterocycles. The Bertz CT molecular complexity index is 1180. The van der Waals surface area contributed by atoms with Crippen LogP contribution < -0.4 is 20.1 Å². The number of hydrogen-bond donors (Lipinski definition) is 1. The molecule has 8 heteroatoms. The number of fused-ring (bicyclic) bond motifs is 1. The van der Waals surface area contributed by atoms with Gasteiger partial charge in [0.15, 0.2) is 28.5 Å². The smallest absolute Gasteiger partial charge is 0.224 e. The molecule has 0 saturated heterocycles. The Hall–Kier alpha value is -3.94. The number of para-hydroxylation sites is 1. The van der Waals surface area contributed by atoms with E-state index in [1.165, 1.54) is 0 Å². The van der Waals surface area contributed by atoms with Gasteiger partial charge in [-0.25, -0.2) is 9.97 Å². The third kappa shape index (κ3) is 3.55. The lowest BCUT2D eigenvalue weighted by Gasteiger charge is -2.23. The van der Waals surface area contributed by atoms with E-state index in [-0.39, 0.29) is 5.95 Å². The van der Waals surface area contributed by atoms with E-state index in [1.807, 2.05) is 60.4 Å². The van der Waals surface area contributed by atoms with Gasteiger partial charge < -0.3 is 20.1 Å². The second-order valence-electron chi connectivity index (χ2n) is 6.48. The van der Waals surface area contributed by atoms with Gasteiger partial charge in [0.25, 0.3) is 0 Å². The van der Waals surface area contributed by atoms with Gasteiger partial charge in [-0.1, -0.05) is 18.2 Å². The molecular formula is C22H22N6O2. The first-order valence-electron chi connectivity index (χ1n) is 9.49. The fraction of sp³-hybridized carbons (Fsp3) is 0.182. The van der Waals surface area contributed by atoms with E-state index in [9.17, 15) is 0 Å². The van der Waals surface area contributed by atoms with Crippen molar-refractivity contribution in [2.45, 2.75) is 6.92 Å². The van der Waals surface area contributed by atoms with Gasteiger partial charge in [0, 0.05) is 17.8 Å². The van der Waals surface area contributed by atoms with Crippen molar-refractivity contribution >= 4 is 28.6 Å². The molecule has 0 radical (unpaired) electrons. The van der Waals surface area contributed by atoms with Crippen molar-refractivity contribution < 1.29 is 9.47 Å². The van der Waals surface area contributed by atoms with E-state index in [0.717, 1.165) is 11.3 Å². The molecule has 0 amide bonds. The summed E-state index contributed by atoms with van der Waals surface area (Å²) in [5.74, 6) is 2.03. The SMILES string of the molecule is CCN(c1ccccc1)c1nc(N)nc2ncc(-c3ccc(OC)c(OC)c3)nc12. The summed E-state index contributed by atoms with van der Waals surface area (Å²) in [5.41, 5.74) is 9.47. The highest BCUT2D eigenvalue weighted by atomic mass is 16.5. The Labute approximate surface area is 174 Å². The molecule has 0 aliphatic carbocycles. The Kier molecular flexibility index (Phi) is 5.30. The van der Waals surface area contributed by atoms with Crippen LogP contribution >= 0.6 is 0 Å². The van der Waals surface area contributed by atoms with Crippen LogP contribution in [0.4, 0.5) is 17.5 Å². The van der Waals surface area contributed by atoms with E-state index >= 15 is 0 Å². The highest BCUT2D eigenvalue weighted by Gasteiger charge is 2.18. The molecule has 0 bridgehead atoms. The fourth-order valence-electron chi connectivity index (χ4n) is 3.29. The van der Waals surface area contributed by atoms with Gasteiger partial charge in [0.2, 0.25) is 5.95 Å². The average molecular weight is 402 g/mol. The number of ether oxygens (including phenoxy) is 2. The standard InChI is InChI=1S/C22H22N6O2/c1-4-28(15-8-6-5-7-9-15)21-19-20(26-22(23)27-21)24-13-16(25-19)14-10-11-17(29-2)18(12-14)30-3/h5-13H,4H2,1-3H3,(H2,23,24,26,27). The predicted molar refractivity (Wildman–Crippen MR) is 117 cm³/mol. The van der Waals surface area contributed by atoms with E-state index in [0.29, 0.717) is 40.7 Å². The summed E-state index contributed by atoms with van der Waals surface area (Å²) in [5, 5.41) is 0. The van der Waals surface area contributed by atoms with Crippen LogP contribution in [0.3, 0.4) is 0 Å². The molecule has 8 nitrogen and oxygen atoms in total. The summed E-state index contributed by atoms with van der Waals surface area (Å²) in [6, 6.07) is 15.6. The minimum Gasteiger partial charge on any atom is -0.493 e. The minimum absolute atomic E-state index is 0.153. The van der Waals surface area contributed by atoms with E-state index < -0.39 is 0 Å². The summed E-state index contributed by atoms with van der Waals surface area (Å²) >= 11 is 0. The maximum Gasteiger partial charge on any atom is 0.224 e. The first kappa shape index (κ1) is 19.4. The number of anilines is 3. The molecule has 2 N–H and O–H groups in total. The summed E-state index contributed by atoms with van der Waals surface area (Å²) in [4.78, 5) is 20.1. The van der Waals surface area contributed by atoms with Crippen molar-refractivity contribution in [1.29, 1.82) is 0 Å². The van der Waals surface area contributed by atoms with Crippen LogP contribution in [0.5, 0.6) is 11.5 Å². The Morgan fingerprint density at radius 1 is 0.933 bits per heavy atom. The van der Waals surface area contributed by atoms with Gasteiger partial charge in [0.1, 0.15) is 0 Å². The number of rotatable bonds is 6. The Morgan fingerprint density at radius 2 is 1.70 bits per heavy atom. The van der Waals surface area contributed by atoms with Crippen LogP contribution in [0.25, 0.3) is 22.4 Å². The Morgan fingerprint density at radius 3 is 2.40 bits per heavy atom. The highest BCUT2D eigenvalue weighted by Crippen LogP contribution is 2.33. The first-order valence-corrected chi connectivity index (χ1v) is 9.49. The highest BCUT2D eigenvalue weighted by molar-refractivity contribution is 5.88. The van der Waals surface area contributed by atoms with Crippen molar-refractivity contribution in [3.8, 4) is 22.8 Å². The lowest BCUT2D eigenvalue weighted by molar-refractivity contribution is 0.355. The third-order valence-electron chi connectivity index (χ3n) is 4.72. The summed E-state index contributed by atoms with van der Waals surface area (Å²) < 4.78 is 10.7. The zero-order valence-electron chi connectivity index (χ0n) is 17.0. The second kappa shape index (κ2) is 8.20. The molecule has 152 valence electrons.